The van der Waals surface area contributed by atoms with Gasteiger partial charge in [-0.15, -0.1) is 0 Å². The van der Waals surface area contributed by atoms with Crippen molar-refractivity contribution in [1.82, 2.24) is 10.8 Å². The van der Waals surface area contributed by atoms with Crippen LogP contribution in [0.25, 0.3) is 0 Å². The van der Waals surface area contributed by atoms with Crippen LogP contribution in [0.2, 0.25) is 0 Å². The average molecular weight is 308 g/mol. The molecule has 0 spiro atoms. The highest BCUT2D eigenvalue weighted by Gasteiger charge is 2.01. The fourth-order valence-electron chi connectivity index (χ4n) is 1.56. The van der Waals surface area contributed by atoms with Gasteiger partial charge in [0.25, 0.3) is 0 Å². The molecule has 0 fully saturated rings. The molecule has 2 N–H and O–H groups in total. The molecule has 0 radical (unpaired) electrons. The van der Waals surface area contributed by atoms with Crippen LogP contribution in [0.1, 0.15) is 17.3 Å². The van der Waals surface area contributed by atoms with Crippen molar-refractivity contribution in [1.29, 1.82) is 0 Å². The number of ketones is 1. The summed E-state index contributed by atoms with van der Waals surface area (Å²) in [6.07, 6.45) is 1.51. The number of carbonyl (C=O) groups is 1. The highest BCUT2D eigenvalue weighted by molar-refractivity contribution is 6.04. The van der Waals surface area contributed by atoms with E-state index in [0.717, 1.165) is 0 Å². The van der Waals surface area contributed by atoms with E-state index >= 15 is 0 Å². The largest absolute Gasteiger partial charge is 0.382 e. The van der Waals surface area contributed by atoms with Gasteiger partial charge in [0.05, 0.1) is 26.6 Å². The number of rotatable bonds is 12. The number of hydrogen-bond acceptors (Lipinski definition) is 6. The molecule has 0 amide bonds. The molecule has 0 atom stereocenters. The van der Waals surface area contributed by atoms with Crippen LogP contribution in [0.15, 0.2) is 42.1 Å². The van der Waals surface area contributed by atoms with Gasteiger partial charge < -0.3 is 9.47 Å². The van der Waals surface area contributed by atoms with Crippen LogP contribution in [0.3, 0.4) is 0 Å². The maximum Gasteiger partial charge on any atom is 0.187 e. The van der Waals surface area contributed by atoms with Crippen molar-refractivity contribution in [2.75, 3.05) is 40.2 Å². The zero-order chi connectivity index (χ0) is 16.0. The fraction of sp³-hybridized carbons (Fsp3) is 0.438. The number of benzene rings is 1. The average Bonchev–Trinajstić information content (AvgIpc) is 2.54. The molecule has 0 unspecified atom stereocenters. The maximum absolute atomic E-state index is 11.9. The van der Waals surface area contributed by atoms with E-state index in [2.05, 4.69) is 10.8 Å². The lowest BCUT2D eigenvalue weighted by Crippen LogP contribution is -2.26. The monoisotopic (exact) mass is 308 g/mol. The Hall–Kier alpha value is -1.73. The minimum absolute atomic E-state index is 0.0566. The number of carbonyl (C=O) groups excluding carboxylic acids is 1. The van der Waals surface area contributed by atoms with Crippen LogP contribution in [0.5, 0.6) is 0 Å². The summed E-state index contributed by atoms with van der Waals surface area (Å²) in [4.78, 5) is 17.2. The Balaban J connectivity index is 2.09. The number of nitrogens with one attached hydrogen (secondary N) is 2. The third-order valence-corrected chi connectivity index (χ3v) is 2.66. The molecule has 0 aliphatic carbocycles. The van der Waals surface area contributed by atoms with E-state index in [9.17, 15) is 4.79 Å². The molecule has 22 heavy (non-hydrogen) atoms. The second kappa shape index (κ2) is 11.9. The molecule has 0 bridgehead atoms. The molecule has 6 nitrogen and oxygen atoms in total. The Kier molecular flexibility index (Phi) is 9.89. The molecule has 0 aromatic heterocycles. The zero-order valence-electron chi connectivity index (χ0n) is 13.1. The molecule has 0 aliphatic rings. The van der Waals surface area contributed by atoms with E-state index in [0.29, 0.717) is 44.4 Å². The summed E-state index contributed by atoms with van der Waals surface area (Å²) in [7, 11) is 1.63. The summed E-state index contributed by atoms with van der Waals surface area (Å²) >= 11 is 0. The molecule has 0 heterocycles. The van der Waals surface area contributed by atoms with E-state index in [4.69, 9.17) is 14.3 Å². The van der Waals surface area contributed by atoms with Crippen molar-refractivity contribution in [2.24, 2.45) is 0 Å². The van der Waals surface area contributed by atoms with Gasteiger partial charge in [0.1, 0.15) is 0 Å². The van der Waals surface area contributed by atoms with E-state index in [1.807, 2.05) is 18.2 Å². The van der Waals surface area contributed by atoms with Crippen molar-refractivity contribution < 1.29 is 19.1 Å². The SMILES string of the molecule is COCCOCNCCON/C(C)=C\C(=O)c1ccccc1. The van der Waals surface area contributed by atoms with Crippen molar-refractivity contribution in [3.63, 3.8) is 0 Å². The van der Waals surface area contributed by atoms with Gasteiger partial charge in [-0.2, -0.15) is 0 Å². The van der Waals surface area contributed by atoms with Crippen LogP contribution in [0.4, 0.5) is 0 Å². The third kappa shape index (κ3) is 8.53. The van der Waals surface area contributed by atoms with Gasteiger partial charge in [-0.25, -0.2) is 0 Å². The van der Waals surface area contributed by atoms with Crippen molar-refractivity contribution in [3.05, 3.63) is 47.7 Å². The third-order valence-electron chi connectivity index (χ3n) is 2.66. The lowest BCUT2D eigenvalue weighted by atomic mass is 10.1. The molecule has 1 aromatic rings. The molecule has 0 saturated heterocycles. The normalized spacial score (nSPS) is 11.5. The van der Waals surface area contributed by atoms with Crippen LogP contribution in [-0.2, 0) is 14.3 Å². The summed E-state index contributed by atoms with van der Waals surface area (Å²) in [6, 6.07) is 9.10. The predicted octanol–water partition coefficient (Wildman–Crippen LogP) is 1.50. The Bertz CT molecular complexity index is 449. The topological polar surface area (TPSA) is 68.8 Å². The summed E-state index contributed by atoms with van der Waals surface area (Å²) < 4.78 is 10.1. The first-order chi connectivity index (χ1) is 10.7. The lowest BCUT2D eigenvalue weighted by molar-refractivity contribution is 0.0414. The summed E-state index contributed by atoms with van der Waals surface area (Å²) in [5.41, 5.74) is 4.04. The van der Waals surface area contributed by atoms with Crippen LogP contribution < -0.4 is 10.8 Å². The van der Waals surface area contributed by atoms with Gasteiger partial charge >= 0.3 is 0 Å². The molecule has 6 heteroatoms. The standard InChI is InChI=1S/C16H24N2O4/c1-14(12-16(19)15-6-4-3-5-7-15)18-22-9-8-17-13-21-11-10-20-2/h3-7,12,17-18H,8-11,13H2,1-2H3/b14-12-. The number of methoxy groups -OCH3 is 1. The van der Waals surface area contributed by atoms with Crippen LogP contribution in [0, 0.1) is 0 Å². The number of ether oxygens (including phenoxy) is 2. The van der Waals surface area contributed by atoms with Crippen LogP contribution >= 0.6 is 0 Å². The van der Waals surface area contributed by atoms with E-state index in [1.165, 1.54) is 6.08 Å². The highest BCUT2D eigenvalue weighted by atomic mass is 16.6. The minimum atomic E-state index is -0.0566. The van der Waals surface area contributed by atoms with Crippen LogP contribution in [-0.4, -0.2) is 46.0 Å². The molecule has 0 saturated carbocycles. The van der Waals surface area contributed by atoms with E-state index < -0.39 is 0 Å². The quantitative estimate of drug-likeness (QED) is 0.200. The molecule has 1 aromatic carbocycles. The van der Waals surface area contributed by atoms with Crippen molar-refractivity contribution in [2.45, 2.75) is 6.92 Å². The van der Waals surface area contributed by atoms with Gasteiger partial charge in [-0.05, 0) is 6.92 Å². The smallest absolute Gasteiger partial charge is 0.187 e. The summed E-state index contributed by atoms with van der Waals surface area (Å²) in [6.45, 7) is 4.47. The summed E-state index contributed by atoms with van der Waals surface area (Å²) in [5.74, 6) is -0.0566. The second-order valence-electron chi connectivity index (χ2n) is 4.55. The van der Waals surface area contributed by atoms with Gasteiger partial charge in [-0.3, -0.25) is 20.4 Å². The van der Waals surface area contributed by atoms with Crippen molar-refractivity contribution in [3.8, 4) is 0 Å². The lowest BCUT2D eigenvalue weighted by Gasteiger charge is -2.08. The molecular formula is C16H24N2O4. The minimum Gasteiger partial charge on any atom is -0.382 e. The Labute approximate surface area is 131 Å². The maximum atomic E-state index is 11.9. The second-order valence-corrected chi connectivity index (χ2v) is 4.55. The molecular weight excluding hydrogens is 284 g/mol. The number of allylic oxidation sites excluding steroid dienone is 2. The Morgan fingerprint density at radius 1 is 1.18 bits per heavy atom. The molecule has 1 rings (SSSR count). The van der Waals surface area contributed by atoms with Gasteiger partial charge in [0, 0.05) is 31.0 Å². The zero-order valence-corrected chi connectivity index (χ0v) is 13.1. The number of hydrogen-bond donors (Lipinski definition) is 2. The van der Waals surface area contributed by atoms with E-state index in [-0.39, 0.29) is 5.78 Å². The van der Waals surface area contributed by atoms with E-state index in [1.54, 1.807) is 26.2 Å². The predicted molar refractivity (Wildman–Crippen MR) is 84.3 cm³/mol. The number of hydroxylamine groups is 1. The first kappa shape index (κ1) is 18.3. The summed E-state index contributed by atoms with van der Waals surface area (Å²) in [5, 5.41) is 3.06. The van der Waals surface area contributed by atoms with Gasteiger partial charge in [-0.1, -0.05) is 30.3 Å². The molecule has 122 valence electrons. The fourth-order valence-corrected chi connectivity index (χ4v) is 1.56. The first-order valence-corrected chi connectivity index (χ1v) is 7.17. The van der Waals surface area contributed by atoms with Gasteiger partial charge in [0.15, 0.2) is 5.78 Å². The molecule has 0 aliphatic heterocycles. The van der Waals surface area contributed by atoms with Gasteiger partial charge in [0.2, 0.25) is 0 Å². The Morgan fingerprint density at radius 3 is 2.68 bits per heavy atom. The first-order valence-electron chi connectivity index (χ1n) is 7.17. The Morgan fingerprint density at radius 2 is 1.95 bits per heavy atom. The van der Waals surface area contributed by atoms with Crippen molar-refractivity contribution >= 4 is 5.78 Å². The highest BCUT2D eigenvalue weighted by Crippen LogP contribution is 2.02.